The molecule has 0 bridgehead atoms. The van der Waals surface area contributed by atoms with E-state index in [1.807, 2.05) is 12.1 Å². The predicted molar refractivity (Wildman–Crippen MR) is 73.5 cm³/mol. The first-order valence-corrected chi connectivity index (χ1v) is 6.80. The van der Waals surface area contributed by atoms with Gasteiger partial charge in [-0.2, -0.15) is 0 Å². The second kappa shape index (κ2) is 6.15. The molecule has 2 rings (SSSR count). The van der Waals surface area contributed by atoms with Gasteiger partial charge in [-0.15, -0.1) is 0 Å². The van der Waals surface area contributed by atoms with Crippen molar-refractivity contribution in [2.45, 2.75) is 31.7 Å². The van der Waals surface area contributed by atoms with Crippen molar-refractivity contribution in [2.75, 3.05) is 20.1 Å². The van der Waals surface area contributed by atoms with Gasteiger partial charge in [0.2, 0.25) is 5.91 Å². The molecule has 19 heavy (non-hydrogen) atoms. The smallest absolute Gasteiger partial charge is 0.221 e. The number of amides is 1. The van der Waals surface area contributed by atoms with Gasteiger partial charge in [-0.25, -0.2) is 4.39 Å². The van der Waals surface area contributed by atoms with Crippen LogP contribution < -0.4 is 5.32 Å². The number of nitrogens with zero attached hydrogens (tertiary/aromatic N) is 1. The number of likely N-dealkylation sites (tertiary alicyclic amines) is 1. The molecule has 1 aromatic rings. The molecule has 4 heteroatoms. The van der Waals surface area contributed by atoms with Crippen LogP contribution in [0.15, 0.2) is 24.3 Å². The Morgan fingerprint density at radius 3 is 2.74 bits per heavy atom. The zero-order valence-electron chi connectivity index (χ0n) is 11.5. The van der Waals surface area contributed by atoms with Crippen LogP contribution in [-0.4, -0.2) is 37.0 Å². The summed E-state index contributed by atoms with van der Waals surface area (Å²) in [6, 6.07) is 7.25. The summed E-state index contributed by atoms with van der Waals surface area (Å²) < 4.78 is 12.9. The molecular formula is C15H21FN2O. The van der Waals surface area contributed by atoms with Crippen molar-refractivity contribution >= 4 is 5.91 Å². The Balaban J connectivity index is 1.93. The van der Waals surface area contributed by atoms with Gasteiger partial charge < -0.3 is 5.32 Å². The molecule has 1 aliphatic rings. The van der Waals surface area contributed by atoms with Crippen LogP contribution in [0.3, 0.4) is 0 Å². The minimum Gasteiger partial charge on any atom is -0.359 e. The number of nitrogens with one attached hydrogen (secondary N) is 1. The number of rotatable bonds is 4. The van der Waals surface area contributed by atoms with Gasteiger partial charge in [0, 0.05) is 32.6 Å². The van der Waals surface area contributed by atoms with Crippen LogP contribution in [0.25, 0.3) is 0 Å². The molecule has 1 fully saturated rings. The van der Waals surface area contributed by atoms with Gasteiger partial charge in [-0.1, -0.05) is 12.1 Å². The van der Waals surface area contributed by atoms with E-state index in [9.17, 15) is 9.18 Å². The molecule has 104 valence electrons. The average molecular weight is 264 g/mol. The lowest BCUT2D eigenvalue weighted by atomic mass is 9.97. The van der Waals surface area contributed by atoms with Gasteiger partial charge in [-0.3, -0.25) is 9.69 Å². The topological polar surface area (TPSA) is 32.3 Å². The maximum absolute atomic E-state index is 12.9. The molecule has 1 aliphatic heterocycles. The second-order valence-electron chi connectivity index (χ2n) is 5.25. The Bertz CT molecular complexity index is 432. The highest BCUT2D eigenvalue weighted by molar-refractivity contribution is 5.75. The zero-order valence-corrected chi connectivity index (χ0v) is 11.5. The molecule has 0 aromatic heterocycles. The van der Waals surface area contributed by atoms with Crippen molar-refractivity contribution in [2.24, 2.45) is 0 Å². The molecular weight excluding hydrogens is 243 g/mol. The maximum atomic E-state index is 12.9. The van der Waals surface area contributed by atoms with E-state index >= 15 is 0 Å². The number of carbonyl (C=O) groups is 1. The van der Waals surface area contributed by atoms with Gasteiger partial charge in [-0.05, 0) is 37.0 Å². The molecule has 0 saturated carbocycles. The lowest BCUT2D eigenvalue weighted by Gasteiger charge is -2.20. The summed E-state index contributed by atoms with van der Waals surface area (Å²) in [6.07, 6.45) is 1.61. The fourth-order valence-corrected chi connectivity index (χ4v) is 2.76. The fourth-order valence-electron chi connectivity index (χ4n) is 2.76. The van der Waals surface area contributed by atoms with E-state index in [0.29, 0.717) is 18.4 Å². The predicted octanol–water partition coefficient (Wildman–Crippen LogP) is 2.14. The van der Waals surface area contributed by atoms with Crippen molar-refractivity contribution in [3.63, 3.8) is 0 Å². The van der Waals surface area contributed by atoms with E-state index in [2.05, 4.69) is 17.1 Å². The molecule has 3 nitrogen and oxygen atoms in total. The Morgan fingerprint density at radius 2 is 2.11 bits per heavy atom. The molecule has 0 spiro atoms. The monoisotopic (exact) mass is 264 g/mol. The van der Waals surface area contributed by atoms with Gasteiger partial charge in [0.1, 0.15) is 5.82 Å². The summed E-state index contributed by atoms with van der Waals surface area (Å²) in [6.45, 7) is 3.93. The van der Waals surface area contributed by atoms with Gasteiger partial charge in [0.25, 0.3) is 0 Å². The summed E-state index contributed by atoms with van der Waals surface area (Å²) in [5.41, 5.74) is 1.19. The van der Waals surface area contributed by atoms with Crippen molar-refractivity contribution in [1.82, 2.24) is 10.2 Å². The third-order valence-corrected chi connectivity index (χ3v) is 3.95. The number of carbonyl (C=O) groups excluding carboxylic acids is 1. The largest absolute Gasteiger partial charge is 0.359 e. The Kier molecular flexibility index (Phi) is 4.53. The van der Waals surface area contributed by atoms with Gasteiger partial charge >= 0.3 is 0 Å². The second-order valence-corrected chi connectivity index (χ2v) is 5.25. The minimum atomic E-state index is -0.189. The van der Waals surface area contributed by atoms with E-state index < -0.39 is 0 Å². The summed E-state index contributed by atoms with van der Waals surface area (Å²) in [5, 5.41) is 2.65. The molecule has 0 unspecified atom stereocenters. The first-order chi connectivity index (χ1) is 9.10. The number of benzene rings is 1. The first-order valence-electron chi connectivity index (χ1n) is 6.80. The van der Waals surface area contributed by atoms with Crippen LogP contribution in [0.5, 0.6) is 0 Å². The van der Waals surface area contributed by atoms with Crippen molar-refractivity contribution in [3.05, 3.63) is 35.6 Å². The molecule has 0 aliphatic carbocycles. The molecule has 1 amide bonds. The fraction of sp³-hybridized carbons (Fsp3) is 0.533. The Hall–Kier alpha value is -1.42. The zero-order chi connectivity index (χ0) is 13.8. The van der Waals surface area contributed by atoms with Crippen molar-refractivity contribution < 1.29 is 9.18 Å². The Labute approximate surface area is 113 Å². The molecule has 1 aromatic carbocycles. The van der Waals surface area contributed by atoms with Crippen LogP contribution in [0.4, 0.5) is 4.39 Å². The minimum absolute atomic E-state index is 0.0810. The van der Waals surface area contributed by atoms with Gasteiger partial charge in [0.05, 0.1) is 0 Å². The molecule has 1 N–H and O–H groups in total. The standard InChI is InChI=1S/C15H21FN2O/c1-11-9-13(12-3-5-14(16)6-4-12)10-18(11)8-7-15(19)17-2/h3-6,11,13H,7-10H2,1-2H3,(H,17,19)/t11-,13-/m0/s1. The van der Waals surface area contributed by atoms with Gasteiger partial charge in [0.15, 0.2) is 0 Å². The van der Waals surface area contributed by atoms with E-state index in [1.54, 1.807) is 7.05 Å². The number of halogens is 1. The van der Waals surface area contributed by atoms with Crippen LogP contribution >= 0.6 is 0 Å². The van der Waals surface area contributed by atoms with E-state index in [1.165, 1.54) is 17.7 Å². The average Bonchev–Trinajstić information content (AvgIpc) is 2.78. The molecule has 1 heterocycles. The lowest BCUT2D eigenvalue weighted by molar-refractivity contribution is -0.120. The summed E-state index contributed by atoms with van der Waals surface area (Å²) >= 11 is 0. The highest BCUT2D eigenvalue weighted by Gasteiger charge is 2.29. The van der Waals surface area contributed by atoms with Crippen LogP contribution in [-0.2, 0) is 4.79 Å². The van der Waals surface area contributed by atoms with E-state index in [4.69, 9.17) is 0 Å². The quantitative estimate of drug-likeness (QED) is 0.903. The van der Waals surface area contributed by atoms with Crippen LogP contribution in [0, 0.1) is 5.82 Å². The number of hydrogen-bond donors (Lipinski definition) is 1. The third kappa shape index (κ3) is 3.53. The first kappa shape index (κ1) is 14.0. The Morgan fingerprint density at radius 1 is 1.42 bits per heavy atom. The van der Waals surface area contributed by atoms with Crippen LogP contribution in [0.2, 0.25) is 0 Å². The van der Waals surface area contributed by atoms with E-state index in [-0.39, 0.29) is 11.7 Å². The van der Waals surface area contributed by atoms with Crippen LogP contribution in [0.1, 0.15) is 31.2 Å². The summed E-state index contributed by atoms with van der Waals surface area (Å²) in [7, 11) is 1.66. The van der Waals surface area contributed by atoms with E-state index in [0.717, 1.165) is 19.5 Å². The maximum Gasteiger partial charge on any atom is 0.221 e. The highest BCUT2D eigenvalue weighted by Crippen LogP contribution is 2.31. The van der Waals surface area contributed by atoms with Crippen molar-refractivity contribution in [3.8, 4) is 0 Å². The summed E-state index contributed by atoms with van der Waals surface area (Å²) in [5.74, 6) is 0.337. The lowest BCUT2D eigenvalue weighted by Crippen LogP contribution is -2.31. The molecule has 1 saturated heterocycles. The highest BCUT2D eigenvalue weighted by atomic mass is 19.1. The molecule has 0 radical (unpaired) electrons. The third-order valence-electron chi connectivity index (χ3n) is 3.95. The normalized spacial score (nSPS) is 23.5. The molecule has 2 atom stereocenters. The summed E-state index contributed by atoms with van der Waals surface area (Å²) in [4.78, 5) is 13.6. The van der Waals surface area contributed by atoms with Crippen molar-refractivity contribution in [1.29, 1.82) is 0 Å². The number of hydrogen-bond acceptors (Lipinski definition) is 2. The SMILES string of the molecule is CNC(=O)CCN1C[C@@H](c2ccc(F)cc2)C[C@@H]1C.